The average Bonchev–Trinajstić information content (AvgIpc) is 3.55. The number of hydrogen-bond acceptors (Lipinski definition) is 6. The minimum absolute atomic E-state index is 0.0903. The highest BCUT2D eigenvalue weighted by atomic mass is 16.5. The van der Waals surface area contributed by atoms with E-state index in [9.17, 15) is 14.4 Å². The van der Waals surface area contributed by atoms with Crippen molar-refractivity contribution in [3.05, 3.63) is 87.1 Å². The summed E-state index contributed by atoms with van der Waals surface area (Å²) in [4.78, 5) is 42.5. The van der Waals surface area contributed by atoms with Crippen LogP contribution in [0.15, 0.2) is 51.9 Å². The first-order chi connectivity index (χ1) is 15.9. The molecular formula is C25H23N3O5. The number of furan rings is 1. The van der Waals surface area contributed by atoms with Crippen LogP contribution in [-0.4, -0.2) is 32.5 Å². The third-order valence-corrected chi connectivity index (χ3v) is 6.15. The summed E-state index contributed by atoms with van der Waals surface area (Å²) < 4.78 is 14.4. The number of rotatable bonds is 6. The second-order valence-electron chi connectivity index (χ2n) is 8.27. The number of esters is 1. The Hall–Kier alpha value is -3.94. The van der Waals surface area contributed by atoms with E-state index in [-0.39, 0.29) is 23.5 Å². The van der Waals surface area contributed by atoms with Crippen LogP contribution in [0.25, 0.3) is 10.9 Å². The summed E-state index contributed by atoms with van der Waals surface area (Å²) in [6, 6.07) is 10.2. The van der Waals surface area contributed by atoms with Crippen molar-refractivity contribution in [1.82, 2.24) is 14.1 Å². The Morgan fingerprint density at radius 3 is 2.82 bits per heavy atom. The van der Waals surface area contributed by atoms with Gasteiger partial charge in [0.25, 0.3) is 5.56 Å². The molecular weight excluding hydrogens is 422 g/mol. The largest absolute Gasteiger partial charge is 0.467 e. The van der Waals surface area contributed by atoms with Crippen molar-refractivity contribution in [3.63, 3.8) is 0 Å². The molecule has 3 aromatic heterocycles. The van der Waals surface area contributed by atoms with Crippen molar-refractivity contribution in [1.29, 1.82) is 0 Å². The van der Waals surface area contributed by atoms with Gasteiger partial charge >= 0.3 is 5.97 Å². The molecule has 0 fully saturated rings. The molecule has 0 unspecified atom stereocenters. The fraction of sp³-hybridized carbons (Fsp3) is 0.280. The molecule has 0 saturated carbocycles. The Balaban J connectivity index is 1.31. The number of nitrogens with zero attached hydrogens (tertiary/aromatic N) is 3. The van der Waals surface area contributed by atoms with Gasteiger partial charge in [0.1, 0.15) is 11.6 Å². The van der Waals surface area contributed by atoms with Gasteiger partial charge in [-0.3, -0.25) is 14.2 Å². The molecule has 4 aromatic rings. The first-order valence-electron chi connectivity index (χ1n) is 10.9. The molecule has 8 heteroatoms. The summed E-state index contributed by atoms with van der Waals surface area (Å²) >= 11 is 0. The van der Waals surface area contributed by atoms with Crippen LogP contribution in [0.5, 0.6) is 0 Å². The Labute approximate surface area is 189 Å². The van der Waals surface area contributed by atoms with Crippen molar-refractivity contribution in [2.45, 2.75) is 39.8 Å². The lowest BCUT2D eigenvalue weighted by Gasteiger charge is -2.09. The van der Waals surface area contributed by atoms with Crippen molar-refractivity contribution >= 4 is 22.7 Å². The lowest BCUT2D eigenvalue weighted by atomic mass is 10.1. The third-order valence-electron chi connectivity index (χ3n) is 6.15. The molecule has 0 spiro atoms. The second-order valence-corrected chi connectivity index (χ2v) is 8.27. The van der Waals surface area contributed by atoms with Gasteiger partial charge in [0.2, 0.25) is 5.78 Å². The van der Waals surface area contributed by atoms with E-state index in [2.05, 4.69) is 4.98 Å². The maximum Gasteiger partial charge on any atom is 0.338 e. The Morgan fingerprint density at radius 1 is 1.18 bits per heavy atom. The normalized spacial score (nSPS) is 12.8. The standard InChI is InChI=1S/C25H23N3O5/c1-15-11-20(16(2)28(15)13-18-5-4-10-32-18)22(29)14-33-25(31)17-7-8-19-21(12-17)26-23-6-3-9-27(23)24(19)30/h4-5,7-8,10-12H,3,6,9,13-14H2,1-2H3. The van der Waals surface area contributed by atoms with Crippen LogP contribution in [0.2, 0.25) is 0 Å². The van der Waals surface area contributed by atoms with Crippen LogP contribution < -0.4 is 5.56 Å². The number of fused-ring (bicyclic) bond motifs is 2. The van der Waals surface area contributed by atoms with E-state index in [1.165, 1.54) is 6.07 Å². The summed E-state index contributed by atoms with van der Waals surface area (Å²) in [5.41, 5.74) is 2.85. The van der Waals surface area contributed by atoms with E-state index < -0.39 is 5.97 Å². The Kier molecular flexibility index (Phi) is 5.20. The zero-order valence-electron chi connectivity index (χ0n) is 18.5. The quantitative estimate of drug-likeness (QED) is 0.333. The molecule has 5 rings (SSSR count). The van der Waals surface area contributed by atoms with E-state index in [1.807, 2.05) is 30.5 Å². The van der Waals surface area contributed by atoms with Gasteiger partial charge in [-0.1, -0.05) is 0 Å². The van der Waals surface area contributed by atoms with Gasteiger partial charge in [-0.2, -0.15) is 0 Å². The second kappa shape index (κ2) is 8.20. The molecule has 1 aliphatic heterocycles. The third kappa shape index (κ3) is 3.77. The topological polar surface area (TPSA) is 96.3 Å². The molecule has 1 aliphatic rings. The minimum Gasteiger partial charge on any atom is -0.467 e. The van der Waals surface area contributed by atoms with Crippen molar-refractivity contribution < 1.29 is 18.7 Å². The summed E-state index contributed by atoms with van der Waals surface area (Å²) in [5, 5.41) is 0.470. The monoisotopic (exact) mass is 445 g/mol. The molecule has 4 heterocycles. The van der Waals surface area contributed by atoms with Crippen LogP contribution in [0, 0.1) is 13.8 Å². The molecule has 8 nitrogen and oxygen atoms in total. The number of ether oxygens (including phenoxy) is 1. The molecule has 0 saturated heterocycles. The number of Topliss-reactive ketones (excluding diaryl/α,β-unsaturated/α-hetero) is 1. The molecule has 0 N–H and O–H groups in total. The minimum atomic E-state index is -0.628. The number of aryl methyl sites for hydroxylation is 2. The zero-order valence-corrected chi connectivity index (χ0v) is 18.5. The van der Waals surface area contributed by atoms with E-state index in [0.29, 0.717) is 29.6 Å². The molecule has 33 heavy (non-hydrogen) atoms. The number of carbonyl (C=O) groups is 2. The molecule has 1 aromatic carbocycles. The summed E-state index contributed by atoms with van der Waals surface area (Å²) in [6.45, 7) is 4.59. The maximum atomic E-state index is 12.8. The molecule has 0 aliphatic carbocycles. The smallest absolute Gasteiger partial charge is 0.338 e. The lowest BCUT2D eigenvalue weighted by Crippen LogP contribution is -2.21. The van der Waals surface area contributed by atoms with Crippen molar-refractivity contribution in [2.24, 2.45) is 0 Å². The van der Waals surface area contributed by atoms with Crippen LogP contribution in [0.3, 0.4) is 0 Å². The van der Waals surface area contributed by atoms with Gasteiger partial charge in [0.05, 0.1) is 29.3 Å². The van der Waals surface area contributed by atoms with E-state index in [4.69, 9.17) is 9.15 Å². The number of carbonyl (C=O) groups excluding carboxylic acids is 2. The Morgan fingerprint density at radius 2 is 2.03 bits per heavy atom. The van der Waals surface area contributed by atoms with Crippen LogP contribution >= 0.6 is 0 Å². The highest BCUT2D eigenvalue weighted by Crippen LogP contribution is 2.19. The van der Waals surface area contributed by atoms with Gasteiger partial charge < -0.3 is 13.7 Å². The van der Waals surface area contributed by atoms with Crippen molar-refractivity contribution in [3.8, 4) is 0 Å². The molecule has 0 atom stereocenters. The summed E-state index contributed by atoms with van der Waals surface area (Å²) in [7, 11) is 0. The number of ketones is 1. The molecule has 0 amide bonds. The van der Waals surface area contributed by atoms with Gasteiger partial charge in [-0.15, -0.1) is 0 Å². The Bertz CT molecular complexity index is 1440. The molecule has 168 valence electrons. The number of benzene rings is 1. The first kappa shape index (κ1) is 20.9. The van der Waals surface area contributed by atoms with E-state index in [1.54, 1.807) is 29.0 Å². The van der Waals surface area contributed by atoms with Crippen LogP contribution in [0.4, 0.5) is 0 Å². The molecule has 0 radical (unpaired) electrons. The number of aromatic nitrogens is 3. The predicted molar refractivity (Wildman–Crippen MR) is 121 cm³/mol. The zero-order chi connectivity index (χ0) is 23.1. The maximum absolute atomic E-state index is 12.8. The van der Waals surface area contributed by atoms with Gasteiger partial charge in [0.15, 0.2) is 6.61 Å². The van der Waals surface area contributed by atoms with Gasteiger partial charge in [0, 0.05) is 29.9 Å². The molecule has 0 bridgehead atoms. The summed E-state index contributed by atoms with van der Waals surface area (Å²) in [6.07, 6.45) is 3.24. The highest BCUT2D eigenvalue weighted by molar-refractivity contribution is 6.01. The van der Waals surface area contributed by atoms with E-state index >= 15 is 0 Å². The lowest BCUT2D eigenvalue weighted by molar-refractivity contribution is 0.0474. The fourth-order valence-electron chi connectivity index (χ4n) is 4.39. The van der Waals surface area contributed by atoms with Gasteiger partial charge in [-0.05, 0) is 56.7 Å². The number of hydrogen-bond donors (Lipinski definition) is 0. The fourth-order valence-corrected chi connectivity index (χ4v) is 4.39. The van der Waals surface area contributed by atoms with Gasteiger partial charge in [-0.25, -0.2) is 9.78 Å². The average molecular weight is 445 g/mol. The SMILES string of the molecule is Cc1cc(C(=O)COC(=O)c2ccc3c(=O)n4c(nc3c2)CCC4)c(C)n1Cc1ccco1. The van der Waals surface area contributed by atoms with Crippen LogP contribution in [-0.2, 0) is 24.2 Å². The van der Waals surface area contributed by atoms with Crippen molar-refractivity contribution in [2.75, 3.05) is 6.61 Å². The predicted octanol–water partition coefficient (Wildman–Crippen LogP) is 3.44. The van der Waals surface area contributed by atoms with Crippen LogP contribution in [0.1, 0.15) is 50.1 Å². The first-order valence-corrected chi connectivity index (χ1v) is 10.9. The summed E-state index contributed by atoms with van der Waals surface area (Å²) in [5.74, 6) is 0.615. The van der Waals surface area contributed by atoms with E-state index in [0.717, 1.165) is 35.8 Å². The highest BCUT2D eigenvalue weighted by Gasteiger charge is 2.20.